The third-order valence-corrected chi connectivity index (χ3v) is 5.06. The first-order valence-corrected chi connectivity index (χ1v) is 10.2. The first-order valence-electron chi connectivity index (χ1n) is 10.2. The van der Waals surface area contributed by atoms with E-state index in [1.165, 1.54) is 17.2 Å². The zero-order valence-corrected chi connectivity index (χ0v) is 20.0. The number of nitriles is 1. The normalized spacial score (nSPS) is 16.9. The molecule has 178 valence electrons. The molecule has 1 aliphatic rings. The molecule has 0 aromatic heterocycles. The molecule has 1 unspecified atom stereocenters. The van der Waals surface area contributed by atoms with Crippen LogP contribution >= 0.6 is 12.4 Å². The molecule has 34 heavy (non-hydrogen) atoms. The van der Waals surface area contributed by atoms with Crippen LogP contribution in [-0.4, -0.2) is 54.0 Å². The van der Waals surface area contributed by atoms with E-state index in [0.29, 0.717) is 11.1 Å². The largest absolute Gasteiger partial charge is 0.497 e. The number of carbonyl (C=O) groups excluding carboxylic acids is 1. The summed E-state index contributed by atoms with van der Waals surface area (Å²) in [6, 6.07) is 16.5. The summed E-state index contributed by atoms with van der Waals surface area (Å²) in [5.41, 5.74) is 1.10. The molecule has 1 N–H and O–H groups in total. The van der Waals surface area contributed by atoms with Gasteiger partial charge in [0.05, 0.1) is 24.3 Å². The maximum atomic E-state index is 12.4. The second-order valence-electron chi connectivity index (χ2n) is 7.69. The zero-order valence-electron chi connectivity index (χ0n) is 19.2. The summed E-state index contributed by atoms with van der Waals surface area (Å²) in [5.74, 6) is 0.558. The van der Waals surface area contributed by atoms with Crippen LogP contribution in [-0.2, 0) is 22.8 Å². The molecule has 1 amide bonds. The van der Waals surface area contributed by atoms with Gasteiger partial charge in [0, 0.05) is 26.8 Å². The van der Waals surface area contributed by atoms with Gasteiger partial charge in [0.2, 0.25) is 0 Å². The first-order chi connectivity index (χ1) is 15.8. The lowest BCUT2D eigenvalue weighted by Gasteiger charge is -2.36. The molecular formula is C25H27ClN4O4. The van der Waals surface area contributed by atoms with E-state index < -0.39 is 5.72 Å². The molecule has 2 aromatic rings. The fraction of sp³-hybridized carbons (Fsp3) is 0.240. The van der Waals surface area contributed by atoms with Crippen molar-refractivity contribution in [3.05, 3.63) is 89.1 Å². The molecule has 8 nitrogen and oxygen atoms in total. The Hall–Kier alpha value is -3.80. The summed E-state index contributed by atoms with van der Waals surface area (Å²) in [4.78, 5) is 20.9. The topological polar surface area (TPSA) is 98.4 Å². The first kappa shape index (κ1) is 26.5. The highest BCUT2D eigenvalue weighted by atomic mass is 35.5. The van der Waals surface area contributed by atoms with Crippen LogP contribution in [0.25, 0.3) is 0 Å². The van der Waals surface area contributed by atoms with Crippen LogP contribution in [0.1, 0.15) is 16.7 Å². The molecule has 1 heterocycles. The molecule has 0 radical (unpaired) electrons. The number of halogens is 1. The van der Waals surface area contributed by atoms with Crippen LogP contribution in [0.5, 0.6) is 5.75 Å². The highest BCUT2D eigenvalue weighted by Crippen LogP contribution is 2.24. The van der Waals surface area contributed by atoms with Gasteiger partial charge in [-0.15, -0.1) is 12.4 Å². The van der Waals surface area contributed by atoms with Gasteiger partial charge in [0.1, 0.15) is 18.6 Å². The fourth-order valence-electron chi connectivity index (χ4n) is 3.13. The van der Waals surface area contributed by atoms with Gasteiger partial charge in [-0.1, -0.05) is 29.4 Å². The van der Waals surface area contributed by atoms with Crippen molar-refractivity contribution >= 4 is 24.5 Å². The van der Waals surface area contributed by atoms with Gasteiger partial charge in [-0.2, -0.15) is 5.26 Å². The summed E-state index contributed by atoms with van der Waals surface area (Å²) in [5, 5.41) is 24.2. The minimum atomic E-state index is -1.61. The summed E-state index contributed by atoms with van der Waals surface area (Å²) in [6.45, 7) is 0.497. The number of benzene rings is 2. The molecule has 0 saturated carbocycles. The van der Waals surface area contributed by atoms with Gasteiger partial charge in [0.15, 0.2) is 5.72 Å². The van der Waals surface area contributed by atoms with Gasteiger partial charge in [-0.3, -0.25) is 4.79 Å². The van der Waals surface area contributed by atoms with Crippen molar-refractivity contribution in [2.24, 2.45) is 5.16 Å². The van der Waals surface area contributed by atoms with Crippen molar-refractivity contribution < 1.29 is 19.5 Å². The minimum Gasteiger partial charge on any atom is -0.497 e. The Labute approximate surface area is 205 Å². The Balaban J connectivity index is 0.00000408. The fourth-order valence-corrected chi connectivity index (χ4v) is 3.13. The summed E-state index contributed by atoms with van der Waals surface area (Å²) in [6.07, 6.45) is 5.93. The number of aliphatic hydroxyl groups is 1. The van der Waals surface area contributed by atoms with E-state index in [4.69, 9.17) is 14.8 Å². The Morgan fingerprint density at radius 2 is 1.82 bits per heavy atom. The van der Waals surface area contributed by atoms with Gasteiger partial charge < -0.3 is 24.5 Å². The average molecular weight is 483 g/mol. The number of oxime groups is 1. The van der Waals surface area contributed by atoms with Gasteiger partial charge in [-0.05, 0) is 47.5 Å². The quantitative estimate of drug-likeness (QED) is 0.458. The molecule has 1 atom stereocenters. The maximum Gasteiger partial charge on any atom is 0.254 e. The number of nitrogens with zero attached hydrogens (tertiary/aromatic N) is 4. The summed E-state index contributed by atoms with van der Waals surface area (Å²) < 4.78 is 5.14. The molecule has 0 bridgehead atoms. The average Bonchev–Trinajstić information content (AvgIpc) is 2.83. The second-order valence-corrected chi connectivity index (χ2v) is 7.69. The van der Waals surface area contributed by atoms with Crippen molar-refractivity contribution in [2.75, 3.05) is 21.2 Å². The Morgan fingerprint density at radius 1 is 1.18 bits per heavy atom. The van der Waals surface area contributed by atoms with E-state index in [1.54, 1.807) is 62.6 Å². The van der Waals surface area contributed by atoms with Crippen LogP contribution in [0, 0.1) is 11.3 Å². The number of rotatable bonds is 8. The van der Waals surface area contributed by atoms with Gasteiger partial charge in [0.25, 0.3) is 5.91 Å². The Morgan fingerprint density at radius 3 is 2.41 bits per heavy atom. The Kier molecular flexibility index (Phi) is 9.25. The maximum absolute atomic E-state index is 12.4. The third-order valence-electron chi connectivity index (χ3n) is 5.06. The molecule has 3 rings (SSSR count). The molecule has 0 aliphatic carbocycles. The van der Waals surface area contributed by atoms with E-state index in [1.807, 2.05) is 24.3 Å². The van der Waals surface area contributed by atoms with Crippen LogP contribution in [0.3, 0.4) is 0 Å². The lowest BCUT2D eigenvalue weighted by atomic mass is 10.0. The highest BCUT2D eigenvalue weighted by Gasteiger charge is 2.33. The van der Waals surface area contributed by atoms with E-state index in [-0.39, 0.29) is 31.5 Å². The molecule has 0 fully saturated rings. The summed E-state index contributed by atoms with van der Waals surface area (Å²) in [7, 11) is 4.93. The number of hydrogen-bond donors (Lipinski definition) is 1. The third kappa shape index (κ3) is 6.61. The van der Waals surface area contributed by atoms with Crippen LogP contribution in [0.4, 0.5) is 0 Å². The number of carbonyl (C=O) groups is 1. The van der Waals surface area contributed by atoms with Gasteiger partial charge >= 0.3 is 0 Å². The lowest BCUT2D eigenvalue weighted by Crippen LogP contribution is -2.47. The van der Waals surface area contributed by atoms with Crippen molar-refractivity contribution in [1.82, 2.24) is 9.80 Å². The summed E-state index contributed by atoms with van der Waals surface area (Å²) >= 11 is 0. The van der Waals surface area contributed by atoms with Crippen LogP contribution in [0.15, 0.2) is 77.6 Å². The van der Waals surface area contributed by atoms with Crippen LogP contribution in [0.2, 0.25) is 0 Å². The highest BCUT2D eigenvalue weighted by molar-refractivity contribution is 5.96. The molecule has 9 heteroatoms. The number of amides is 1. The second kappa shape index (κ2) is 11.9. The molecule has 0 spiro atoms. The monoisotopic (exact) mass is 482 g/mol. The van der Waals surface area contributed by atoms with Gasteiger partial charge in [-0.25, -0.2) is 0 Å². The van der Waals surface area contributed by atoms with Crippen molar-refractivity contribution in [3.8, 4) is 11.8 Å². The number of likely N-dealkylation sites (N-methyl/N-ethyl adjacent to an activating group) is 1. The molecule has 1 aliphatic heterocycles. The lowest BCUT2D eigenvalue weighted by molar-refractivity contribution is -0.124. The SMILES string of the molecule is COc1ccc(CON=CC2(O)C=CC(C(=O)N(C)C)=CN2Cc2ccc(C#N)cc2)cc1.Cl. The number of ether oxygens (including phenoxy) is 1. The van der Waals surface area contributed by atoms with E-state index in [0.717, 1.165) is 16.9 Å². The van der Waals surface area contributed by atoms with E-state index in [2.05, 4.69) is 11.2 Å². The number of methoxy groups -OCH3 is 1. The molecule has 2 aromatic carbocycles. The van der Waals surface area contributed by atoms with Crippen molar-refractivity contribution in [3.63, 3.8) is 0 Å². The predicted molar refractivity (Wildman–Crippen MR) is 131 cm³/mol. The molecule has 0 saturated heterocycles. The standard InChI is InChI=1S/C25H26N4O4.ClH/c1-28(2)24(30)22-12-13-25(31,18-27-33-17-21-8-10-23(32-3)11-9-21)29(16-22)15-20-6-4-19(14-26)5-7-20;/h4-13,16,18,31H,15,17H2,1-3H3;1H. The van der Waals surface area contributed by atoms with E-state index >= 15 is 0 Å². The minimum absolute atomic E-state index is 0. The van der Waals surface area contributed by atoms with Crippen molar-refractivity contribution in [1.29, 1.82) is 5.26 Å². The smallest absolute Gasteiger partial charge is 0.254 e. The van der Waals surface area contributed by atoms with E-state index in [9.17, 15) is 9.90 Å². The Bertz CT molecular complexity index is 1110. The van der Waals surface area contributed by atoms with Crippen LogP contribution < -0.4 is 4.74 Å². The zero-order chi connectivity index (χ0) is 23.8. The van der Waals surface area contributed by atoms with Crippen molar-refractivity contribution in [2.45, 2.75) is 18.9 Å². The predicted octanol–water partition coefficient (Wildman–Crippen LogP) is 3.22. The molecular weight excluding hydrogens is 456 g/mol. The number of hydrogen-bond acceptors (Lipinski definition) is 7.